The zero-order valence-electron chi connectivity index (χ0n) is 36.8. The number of hydrogen-bond acceptors (Lipinski definition) is 10. The summed E-state index contributed by atoms with van der Waals surface area (Å²) in [5.74, 6) is 1.61. The fraction of sp³-hybridized carbons (Fsp3) is 0.614. The topological polar surface area (TPSA) is 133 Å². The summed E-state index contributed by atoms with van der Waals surface area (Å²) in [5.41, 5.74) is 4.50. The van der Waals surface area contributed by atoms with Crippen LogP contribution in [-0.4, -0.2) is 107 Å². The summed E-state index contributed by atoms with van der Waals surface area (Å²) in [6.45, 7) is 33.1. The van der Waals surface area contributed by atoms with Gasteiger partial charge in [-0.2, -0.15) is 8.42 Å². The number of benzene rings is 2. The highest BCUT2D eigenvalue weighted by Gasteiger charge is 2.29. The summed E-state index contributed by atoms with van der Waals surface area (Å²) >= 11 is 0. The Morgan fingerprint density at radius 2 is 1.23 bits per heavy atom. The molecule has 12 heteroatoms. The molecule has 320 valence electrons. The Balaban J connectivity index is 0.000000970. The molecule has 0 atom stereocenters. The number of unbranched alkanes of at least 4 members (excludes halogenated alkanes) is 1. The Morgan fingerprint density at radius 1 is 0.786 bits per heavy atom. The van der Waals surface area contributed by atoms with Gasteiger partial charge in [0.2, 0.25) is 5.91 Å². The third-order valence-electron chi connectivity index (χ3n) is 7.14. The minimum absolute atomic E-state index is 0.0341. The second kappa shape index (κ2) is 26.6. The van der Waals surface area contributed by atoms with E-state index in [-0.39, 0.29) is 18.1 Å². The van der Waals surface area contributed by atoms with E-state index in [0.29, 0.717) is 38.6 Å². The van der Waals surface area contributed by atoms with Crippen molar-refractivity contribution < 1.29 is 41.4 Å². The fourth-order valence-corrected chi connectivity index (χ4v) is 5.62. The van der Waals surface area contributed by atoms with Crippen LogP contribution in [0.1, 0.15) is 107 Å². The molecule has 0 spiro atoms. The highest BCUT2D eigenvalue weighted by Crippen LogP contribution is 2.29. The SMILES string of the molecule is C=CC(=O)NC(C)(C)C.CC(C)(C)N1CC1.CC(C)(C)OS(C)(=O)=O.CCCCOc1ccc(C(=C(C)C)c2ccc(OCCOCCOCCO)cc2)cc1. The van der Waals surface area contributed by atoms with Crippen molar-refractivity contribution >= 4 is 21.6 Å². The number of carbonyl (C=O) groups excluding carboxylic acids is 1. The molecule has 1 fully saturated rings. The maximum Gasteiger partial charge on any atom is 0.264 e. The number of aliphatic hydroxyl groups excluding tert-OH is 1. The lowest BCUT2D eigenvalue weighted by atomic mass is 9.94. The van der Waals surface area contributed by atoms with E-state index < -0.39 is 15.7 Å². The number of amides is 1. The highest BCUT2D eigenvalue weighted by atomic mass is 32.2. The summed E-state index contributed by atoms with van der Waals surface area (Å²) in [4.78, 5) is 13.0. The number of nitrogens with zero attached hydrogens (tertiary/aromatic N) is 1. The summed E-state index contributed by atoms with van der Waals surface area (Å²) in [7, 11) is -3.28. The van der Waals surface area contributed by atoms with Gasteiger partial charge in [-0.25, -0.2) is 0 Å². The van der Waals surface area contributed by atoms with Gasteiger partial charge in [-0.15, -0.1) is 0 Å². The monoisotopic (exact) mass is 807 g/mol. The van der Waals surface area contributed by atoms with E-state index in [1.54, 1.807) is 20.8 Å². The van der Waals surface area contributed by atoms with E-state index in [1.807, 2.05) is 45.0 Å². The maximum absolute atomic E-state index is 10.6. The fourth-order valence-electron chi connectivity index (χ4n) is 4.71. The molecule has 0 bridgehead atoms. The van der Waals surface area contributed by atoms with Gasteiger partial charge in [-0.1, -0.05) is 49.8 Å². The quantitative estimate of drug-likeness (QED) is 0.0701. The lowest BCUT2D eigenvalue weighted by Gasteiger charge is -2.18. The molecule has 3 rings (SSSR count). The molecule has 1 aliphatic heterocycles. The number of nitrogens with one attached hydrogen (secondary N) is 1. The van der Waals surface area contributed by atoms with Gasteiger partial charge in [-0.3, -0.25) is 13.9 Å². The Kier molecular flexibility index (Phi) is 25.1. The van der Waals surface area contributed by atoms with Crippen molar-refractivity contribution in [3.05, 3.63) is 77.9 Å². The van der Waals surface area contributed by atoms with E-state index in [9.17, 15) is 13.2 Å². The van der Waals surface area contributed by atoms with Crippen molar-refractivity contribution in [1.29, 1.82) is 0 Å². The first-order chi connectivity index (χ1) is 25.9. The average molecular weight is 807 g/mol. The Hall–Kier alpha value is -3.26. The number of hydrogen-bond donors (Lipinski definition) is 2. The van der Waals surface area contributed by atoms with Crippen molar-refractivity contribution in [2.75, 3.05) is 65.6 Å². The van der Waals surface area contributed by atoms with Crippen molar-refractivity contribution in [3.63, 3.8) is 0 Å². The second-order valence-electron chi connectivity index (χ2n) is 16.4. The van der Waals surface area contributed by atoms with Gasteiger partial charge in [-0.05, 0) is 130 Å². The van der Waals surface area contributed by atoms with Crippen LogP contribution in [0.25, 0.3) is 5.57 Å². The van der Waals surface area contributed by atoms with Gasteiger partial charge in [0.1, 0.15) is 18.1 Å². The minimum Gasteiger partial charge on any atom is -0.494 e. The molecule has 0 aliphatic carbocycles. The predicted molar refractivity (Wildman–Crippen MR) is 230 cm³/mol. The smallest absolute Gasteiger partial charge is 0.264 e. The molecule has 2 aromatic carbocycles. The first-order valence-electron chi connectivity index (χ1n) is 19.4. The first kappa shape index (κ1) is 52.7. The summed E-state index contributed by atoms with van der Waals surface area (Å²) in [6, 6.07) is 16.5. The van der Waals surface area contributed by atoms with Crippen LogP contribution < -0.4 is 14.8 Å². The Morgan fingerprint density at radius 3 is 1.52 bits per heavy atom. The highest BCUT2D eigenvalue weighted by molar-refractivity contribution is 7.86. The number of ether oxygens (including phenoxy) is 4. The lowest BCUT2D eigenvalue weighted by Crippen LogP contribution is -2.39. The van der Waals surface area contributed by atoms with Gasteiger partial charge in [0, 0.05) is 24.2 Å². The maximum atomic E-state index is 10.6. The zero-order valence-corrected chi connectivity index (χ0v) is 37.6. The van der Waals surface area contributed by atoms with Crippen molar-refractivity contribution in [3.8, 4) is 11.5 Å². The van der Waals surface area contributed by atoms with Crippen molar-refractivity contribution in [1.82, 2.24) is 10.2 Å². The molecule has 1 saturated heterocycles. The van der Waals surface area contributed by atoms with Gasteiger partial charge in [0.05, 0.1) is 51.5 Å². The molecular weight excluding hydrogens is 733 g/mol. The van der Waals surface area contributed by atoms with Crippen LogP contribution in [0.4, 0.5) is 0 Å². The van der Waals surface area contributed by atoms with Crippen LogP contribution in [0.3, 0.4) is 0 Å². The van der Waals surface area contributed by atoms with E-state index in [0.717, 1.165) is 42.8 Å². The van der Waals surface area contributed by atoms with E-state index in [1.165, 1.54) is 35.9 Å². The second-order valence-corrected chi connectivity index (χ2v) is 18.0. The molecule has 11 nitrogen and oxygen atoms in total. The van der Waals surface area contributed by atoms with Gasteiger partial charge < -0.3 is 29.4 Å². The number of allylic oxidation sites excluding steroid dienone is 1. The normalized spacial score (nSPS) is 12.7. The molecule has 56 heavy (non-hydrogen) atoms. The number of carbonyl (C=O) groups is 1. The first-order valence-corrected chi connectivity index (χ1v) is 21.2. The van der Waals surface area contributed by atoms with Crippen LogP contribution in [0, 0.1) is 0 Å². The standard InChI is InChI=1S/C26H36O5.C7H13NO.C6H13N.C5H12O3S/c1-4-5-15-30-24-10-6-22(7-11-24)26(21(2)3)23-8-12-25(13-9-23)31-20-19-29-18-17-28-16-14-27;1-5-6(9)8-7(2,3)4;1-6(2,3)7-4-5-7;1-5(2,3)8-9(4,6)7/h6-13,27H,4-5,14-20H2,1-3H3;5H,1H2,2-4H3,(H,8,9);4-5H2,1-3H3;1-4H3. The van der Waals surface area contributed by atoms with Gasteiger partial charge in [0.25, 0.3) is 10.1 Å². The molecular formula is C44H74N2O9S. The molecule has 1 heterocycles. The van der Waals surface area contributed by atoms with Crippen LogP contribution in [0.2, 0.25) is 0 Å². The molecule has 0 saturated carbocycles. The molecule has 2 aromatic rings. The summed E-state index contributed by atoms with van der Waals surface area (Å²) < 4.78 is 47.6. The van der Waals surface area contributed by atoms with Crippen LogP contribution in [-0.2, 0) is 28.6 Å². The van der Waals surface area contributed by atoms with E-state index in [4.69, 9.17) is 24.1 Å². The van der Waals surface area contributed by atoms with Crippen LogP contribution >= 0.6 is 0 Å². The third-order valence-corrected chi connectivity index (χ3v) is 7.94. The average Bonchev–Trinajstić information content (AvgIpc) is 3.93. The van der Waals surface area contributed by atoms with Crippen LogP contribution in [0.5, 0.6) is 11.5 Å². The van der Waals surface area contributed by atoms with Crippen molar-refractivity contribution in [2.24, 2.45) is 0 Å². The minimum atomic E-state index is -3.28. The summed E-state index contributed by atoms with van der Waals surface area (Å²) in [5, 5.41) is 11.3. The van der Waals surface area contributed by atoms with Crippen molar-refractivity contribution in [2.45, 2.75) is 113 Å². The zero-order chi connectivity index (χ0) is 43.0. The third kappa shape index (κ3) is 29.0. The van der Waals surface area contributed by atoms with E-state index >= 15 is 0 Å². The van der Waals surface area contributed by atoms with Gasteiger partial charge in [0.15, 0.2) is 0 Å². The molecule has 1 amide bonds. The largest absolute Gasteiger partial charge is 0.494 e. The molecule has 2 N–H and O–H groups in total. The Labute approximate surface area is 339 Å². The van der Waals surface area contributed by atoms with Crippen LogP contribution in [0.15, 0.2) is 66.8 Å². The molecule has 1 aliphatic rings. The molecule has 0 unspecified atom stereocenters. The molecule has 0 radical (unpaired) electrons. The Bertz CT molecular complexity index is 1510. The lowest BCUT2D eigenvalue weighted by molar-refractivity contribution is -0.117. The van der Waals surface area contributed by atoms with Gasteiger partial charge >= 0.3 is 0 Å². The molecule has 0 aromatic heterocycles. The van der Waals surface area contributed by atoms with E-state index in [2.05, 4.69) is 86.8 Å². The summed E-state index contributed by atoms with van der Waals surface area (Å²) in [6.07, 6.45) is 4.51. The predicted octanol–water partition coefficient (Wildman–Crippen LogP) is 8.06. The number of aliphatic hydroxyl groups is 1. The number of rotatable bonds is 17.